The number of rotatable bonds is 7. The summed E-state index contributed by atoms with van der Waals surface area (Å²) in [6.07, 6.45) is -5.23. The Balaban J connectivity index is 0.000000420. The average Bonchev–Trinajstić information content (AvgIpc) is 3.83. The molecule has 4 aromatic rings. The summed E-state index contributed by atoms with van der Waals surface area (Å²) in [5.41, 5.74) is 0.518. The quantitative estimate of drug-likeness (QED) is 0.198. The second-order valence-corrected chi connectivity index (χ2v) is 13.9. The van der Waals surface area contributed by atoms with E-state index in [0.717, 1.165) is 41.2 Å². The van der Waals surface area contributed by atoms with Crippen LogP contribution in [0.2, 0.25) is 0 Å². The lowest BCUT2D eigenvalue weighted by atomic mass is 9.82. The van der Waals surface area contributed by atoms with Crippen LogP contribution in [0, 0.1) is 28.6 Å². The zero-order chi connectivity index (χ0) is 44.2. The van der Waals surface area contributed by atoms with Gasteiger partial charge in [-0.2, -0.15) is 55.1 Å². The molecular formula is C35H31F9N10O6. The maximum atomic E-state index is 13.6. The number of hydrogen-bond donors (Lipinski definition) is 3. The molecule has 1 aliphatic carbocycles. The number of alkyl halides is 9. The molecule has 0 bridgehead atoms. The van der Waals surface area contributed by atoms with Gasteiger partial charge in [0, 0.05) is 67.2 Å². The van der Waals surface area contributed by atoms with Crippen molar-refractivity contribution < 1.29 is 68.8 Å². The molecule has 3 aliphatic rings. The van der Waals surface area contributed by atoms with Gasteiger partial charge in [0.2, 0.25) is 5.88 Å². The number of carboxylic acids is 2. The van der Waals surface area contributed by atoms with E-state index < -0.39 is 47.6 Å². The van der Waals surface area contributed by atoms with E-state index in [-0.39, 0.29) is 42.6 Å². The molecule has 3 N–H and O–H groups in total. The van der Waals surface area contributed by atoms with Gasteiger partial charge in [-0.05, 0) is 37.8 Å². The van der Waals surface area contributed by atoms with E-state index in [1.165, 1.54) is 17.3 Å². The minimum Gasteiger partial charge on any atom is -0.475 e. The molecule has 1 amide bonds. The zero-order valence-electron chi connectivity index (χ0n) is 30.6. The number of likely N-dealkylation sites (tertiary alicyclic amines) is 2. The van der Waals surface area contributed by atoms with Crippen molar-refractivity contribution in [2.45, 2.75) is 68.3 Å². The highest BCUT2D eigenvalue weighted by molar-refractivity contribution is 5.95. The standard InChI is InChI=1S/C31H29F3N10O2.2C2HF3O2/c32-31(33,34)25-9-20(29(45)42-13-19(11-36)14-42)10-26(41-25)46-23-3-1-22(2-4-23)43-16-30(17-43,6-7-35)44-15-21(12-40-44)27-24-5-8-37-28(24)39-18-38-27;2*3-2(4,5)1(6)7/h5,8-10,12,15,18-19,22-23H,1-4,6,13-14,16-17H2,(H,37,38,39);2*(H,6,7)/t22-,23+;;. The van der Waals surface area contributed by atoms with Gasteiger partial charge in [-0.15, -0.1) is 0 Å². The Bertz CT molecular complexity index is 2250. The third kappa shape index (κ3) is 10.4. The van der Waals surface area contributed by atoms with Crippen LogP contribution in [0.1, 0.15) is 48.2 Å². The van der Waals surface area contributed by atoms with Gasteiger partial charge >= 0.3 is 30.5 Å². The summed E-state index contributed by atoms with van der Waals surface area (Å²) in [7, 11) is 0. The van der Waals surface area contributed by atoms with E-state index in [0.29, 0.717) is 32.4 Å². The number of aromatic amines is 1. The molecule has 0 unspecified atom stereocenters. The van der Waals surface area contributed by atoms with Gasteiger partial charge in [0.25, 0.3) is 5.91 Å². The number of aliphatic carboxylic acids is 2. The number of nitrogens with zero attached hydrogens (tertiary/aromatic N) is 9. The van der Waals surface area contributed by atoms with Gasteiger partial charge in [0.1, 0.15) is 29.3 Å². The molecule has 2 saturated heterocycles. The van der Waals surface area contributed by atoms with Gasteiger partial charge in [0.05, 0.1) is 36.4 Å². The first-order valence-electron chi connectivity index (χ1n) is 17.5. The van der Waals surface area contributed by atoms with Gasteiger partial charge < -0.3 is 24.8 Å². The molecule has 0 spiro atoms. The normalized spacial score (nSPS) is 19.2. The molecule has 25 heteroatoms. The maximum Gasteiger partial charge on any atom is 0.490 e. The number of pyridine rings is 1. The Morgan fingerprint density at radius 1 is 0.933 bits per heavy atom. The molecule has 7 rings (SSSR count). The lowest BCUT2D eigenvalue weighted by molar-refractivity contribution is -0.193. The van der Waals surface area contributed by atoms with Gasteiger partial charge in [-0.1, -0.05) is 0 Å². The fourth-order valence-electron chi connectivity index (χ4n) is 6.70. The van der Waals surface area contributed by atoms with Crippen LogP contribution in [0.3, 0.4) is 0 Å². The van der Waals surface area contributed by atoms with Crippen molar-refractivity contribution in [2.75, 3.05) is 26.2 Å². The molecule has 60 heavy (non-hydrogen) atoms. The summed E-state index contributed by atoms with van der Waals surface area (Å²) >= 11 is 0. The predicted molar refractivity (Wildman–Crippen MR) is 183 cm³/mol. The molecule has 4 aromatic heterocycles. The highest BCUT2D eigenvalue weighted by Gasteiger charge is 2.48. The van der Waals surface area contributed by atoms with Crippen LogP contribution in [-0.4, -0.2) is 118 Å². The van der Waals surface area contributed by atoms with Gasteiger partial charge in [0.15, 0.2) is 0 Å². The van der Waals surface area contributed by atoms with Crippen molar-refractivity contribution in [3.8, 4) is 29.3 Å². The number of fused-ring (bicyclic) bond motifs is 1. The Hall–Kier alpha value is -6.50. The number of carbonyl (C=O) groups is 3. The summed E-state index contributed by atoms with van der Waals surface area (Å²) in [5, 5.41) is 38.4. The number of halogens is 9. The Labute approximate surface area is 331 Å². The molecule has 0 radical (unpaired) electrons. The molecule has 2 aliphatic heterocycles. The van der Waals surface area contributed by atoms with E-state index >= 15 is 0 Å². The molecule has 6 heterocycles. The van der Waals surface area contributed by atoms with Crippen LogP contribution in [0.15, 0.2) is 43.1 Å². The molecule has 0 aromatic carbocycles. The SMILES string of the molecule is N#CCC1(n2cc(-c3ncnc4[nH]ccc34)cn2)CN([C@H]2CC[C@@H](Oc3cc(C(=O)N4CC(C#N)C4)cc(C(F)(F)F)n3)CC2)C1.O=C(O)C(F)(F)F.O=C(O)C(F)(F)F. The molecule has 320 valence electrons. The number of amides is 1. The number of nitriles is 2. The first-order valence-corrected chi connectivity index (χ1v) is 17.5. The largest absolute Gasteiger partial charge is 0.490 e. The molecule has 3 fully saturated rings. The van der Waals surface area contributed by atoms with Gasteiger partial charge in [-0.3, -0.25) is 14.4 Å². The van der Waals surface area contributed by atoms with Gasteiger partial charge in [-0.25, -0.2) is 24.5 Å². The smallest absolute Gasteiger partial charge is 0.475 e. The third-order valence-electron chi connectivity index (χ3n) is 9.72. The second kappa shape index (κ2) is 17.4. The topological polar surface area (TPSA) is 227 Å². The maximum absolute atomic E-state index is 13.6. The lowest BCUT2D eigenvalue weighted by Crippen LogP contribution is -2.65. The van der Waals surface area contributed by atoms with E-state index in [4.69, 9.17) is 29.8 Å². The first kappa shape index (κ1) is 44.6. The summed E-state index contributed by atoms with van der Waals surface area (Å²) < 4.78 is 112. The Morgan fingerprint density at radius 2 is 1.55 bits per heavy atom. The third-order valence-corrected chi connectivity index (χ3v) is 9.72. The van der Waals surface area contributed by atoms with Crippen LogP contribution < -0.4 is 4.74 Å². The van der Waals surface area contributed by atoms with Crippen LogP contribution in [0.4, 0.5) is 39.5 Å². The summed E-state index contributed by atoms with van der Waals surface area (Å²) in [5.74, 6) is -6.63. The summed E-state index contributed by atoms with van der Waals surface area (Å²) in [6, 6.07) is 8.52. The Morgan fingerprint density at radius 3 is 2.10 bits per heavy atom. The fraction of sp³-hybridized carbons (Fsp3) is 0.457. The van der Waals surface area contributed by atoms with Crippen LogP contribution in [0.25, 0.3) is 22.3 Å². The van der Waals surface area contributed by atoms with Crippen LogP contribution in [-0.2, 0) is 21.3 Å². The van der Waals surface area contributed by atoms with Crippen molar-refractivity contribution in [3.05, 3.63) is 54.4 Å². The summed E-state index contributed by atoms with van der Waals surface area (Å²) in [4.78, 5) is 49.7. The highest BCUT2D eigenvalue weighted by Crippen LogP contribution is 2.39. The number of aromatic nitrogens is 6. The first-order chi connectivity index (χ1) is 28.0. The molecule has 1 saturated carbocycles. The van der Waals surface area contributed by atoms with E-state index in [1.54, 1.807) is 6.20 Å². The van der Waals surface area contributed by atoms with Crippen LogP contribution >= 0.6 is 0 Å². The summed E-state index contributed by atoms with van der Waals surface area (Å²) in [6.45, 7) is 1.66. The number of carbonyl (C=O) groups excluding carboxylic acids is 1. The monoisotopic (exact) mass is 858 g/mol. The van der Waals surface area contributed by atoms with Crippen molar-refractivity contribution in [2.24, 2.45) is 5.92 Å². The van der Waals surface area contributed by atoms with E-state index in [1.807, 2.05) is 23.1 Å². The predicted octanol–water partition coefficient (Wildman–Crippen LogP) is 5.41. The lowest BCUT2D eigenvalue weighted by Gasteiger charge is -2.53. The minimum atomic E-state index is -5.08. The number of H-pyrrole nitrogens is 1. The molecule has 0 atom stereocenters. The molecular weight excluding hydrogens is 827 g/mol. The van der Waals surface area contributed by atoms with Crippen molar-refractivity contribution in [3.63, 3.8) is 0 Å². The zero-order valence-corrected chi connectivity index (χ0v) is 30.6. The second-order valence-electron chi connectivity index (χ2n) is 13.9. The Kier molecular flexibility index (Phi) is 12.9. The number of ether oxygens (including phenoxy) is 1. The van der Waals surface area contributed by atoms with E-state index in [9.17, 15) is 49.6 Å². The minimum absolute atomic E-state index is 0.157. The highest BCUT2D eigenvalue weighted by atomic mass is 19.4. The number of hydrogen-bond acceptors (Lipinski definition) is 11. The van der Waals surface area contributed by atoms with Crippen molar-refractivity contribution >= 4 is 28.9 Å². The average molecular weight is 859 g/mol. The van der Waals surface area contributed by atoms with E-state index in [2.05, 4.69) is 42.1 Å². The number of carboxylic acid groups (broad SMARTS) is 2. The molecule has 16 nitrogen and oxygen atoms in total. The van der Waals surface area contributed by atoms with Crippen molar-refractivity contribution in [1.82, 2.24) is 39.5 Å². The fourth-order valence-corrected chi connectivity index (χ4v) is 6.70. The van der Waals surface area contributed by atoms with Crippen molar-refractivity contribution in [1.29, 1.82) is 10.5 Å². The van der Waals surface area contributed by atoms with Crippen LogP contribution in [0.5, 0.6) is 5.88 Å². The number of nitrogens with one attached hydrogen (secondary N) is 1.